The van der Waals surface area contributed by atoms with Crippen LogP contribution in [0.2, 0.25) is 0 Å². The highest BCUT2D eigenvalue weighted by atomic mass is 35.5. The molecule has 0 rings (SSSR count). The average molecular weight is 221 g/mol. The highest BCUT2D eigenvalue weighted by molar-refractivity contribution is 6.30. The molecule has 0 aliphatic carbocycles. The van der Waals surface area contributed by atoms with E-state index in [4.69, 9.17) is 11.6 Å². The molecule has 0 saturated heterocycles. The molecule has 5 heteroatoms. The Kier molecular flexibility index (Phi) is 6.28. The summed E-state index contributed by atoms with van der Waals surface area (Å²) in [5.41, 5.74) is 0. The fourth-order valence-electron chi connectivity index (χ4n) is 1.02. The predicted molar refractivity (Wildman–Crippen MR) is 56.3 cm³/mol. The van der Waals surface area contributed by atoms with Crippen LogP contribution < -0.4 is 5.32 Å². The highest BCUT2D eigenvalue weighted by Crippen LogP contribution is 2.00. The molecule has 0 aliphatic heterocycles. The second kappa shape index (κ2) is 6.65. The normalized spacial score (nSPS) is 12.0. The fraction of sp³-hybridized carbons (Fsp3) is 0.778. The molecular weight excluding hydrogens is 204 g/mol. The lowest BCUT2D eigenvalue weighted by Gasteiger charge is -2.21. The van der Waals surface area contributed by atoms with Crippen molar-refractivity contribution in [1.29, 1.82) is 0 Å². The molecule has 0 aromatic rings. The molecule has 1 atom stereocenters. The number of hydrogen-bond acceptors (Lipinski definition) is 2. The van der Waals surface area contributed by atoms with Gasteiger partial charge in [0, 0.05) is 13.1 Å². The third-order valence-electron chi connectivity index (χ3n) is 1.74. The number of amides is 2. The van der Waals surface area contributed by atoms with E-state index < -0.39 is 5.38 Å². The van der Waals surface area contributed by atoms with Gasteiger partial charge in [0.2, 0.25) is 11.8 Å². The van der Waals surface area contributed by atoms with Crippen LogP contribution in [0.1, 0.15) is 20.8 Å². The molecule has 82 valence electrons. The van der Waals surface area contributed by atoms with Crippen molar-refractivity contribution in [1.82, 2.24) is 10.2 Å². The quantitative estimate of drug-likeness (QED) is 0.690. The molecule has 0 spiro atoms. The molecule has 14 heavy (non-hydrogen) atoms. The summed E-state index contributed by atoms with van der Waals surface area (Å²) in [7, 11) is 0. The summed E-state index contributed by atoms with van der Waals surface area (Å²) >= 11 is 5.64. The van der Waals surface area contributed by atoms with Gasteiger partial charge in [-0.3, -0.25) is 9.59 Å². The van der Waals surface area contributed by atoms with Gasteiger partial charge in [-0.1, -0.05) is 0 Å². The molecule has 0 saturated carbocycles. The van der Waals surface area contributed by atoms with E-state index in [1.54, 1.807) is 6.92 Å². The topological polar surface area (TPSA) is 49.4 Å². The Bertz CT molecular complexity index is 207. The van der Waals surface area contributed by atoms with Crippen molar-refractivity contribution in [2.24, 2.45) is 0 Å². The van der Waals surface area contributed by atoms with Crippen LogP contribution in [-0.4, -0.2) is 41.7 Å². The molecule has 1 unspecified atom stereocenters. The summed E-state index contributed by atoms with van der Waals surface area (Å²) in [5, 5.41) is 2.05. The Hall–Kier alpha value is -0.770. The number of rotatable bonds is 5. The summed E-state index contributed by atoms with van der Waals surface area (Å²) < 4.78 is 0. The van der Waals surface area contributed by atoms with Gasteiger partial charge < -0.3 is 10.2 Å². The Morgan fingerprint density at radius 3 is 2.36 bits per heavy atom. The summed E-state index contributed by atoms with van der Waals surface area (Å²) in [4.78, 5) is 24.1. The molecule has 0 aliphatic rings. The lowest BCUT2D eigenvalue weighted by atomic mass is 10.3. The minimum atomic E-state index is -0.579. The fourth-order valence-corrected chi connectivity index (χ4v) is 1.16. The van der Waals surface area contributed by atoms with Gasteiger partial charge in [-0.2, -0.15) is 0 Å². The predicted octanol–water partition coefficient (Wildman–Crippen LogP) is 0.598. The van der Waals surface area contributed by atoms with Gasteiger partial charge in [0.15, 0.2) is 0 Å². The molecule has 0 radical (unpaired) electrons. The first-order valence-corrected chi connectivity index (χ1v) is 5.16. The Morgan fingerprint density at radius 1 is 1.43 bits per heavy atom. The lowest BCUT2D eigenvalue weighted by Crippen LogP contribution is -2.43. The summed E-state index contributed by atoms with van der Waals surface area (Å²) in [5.74, 6) is -0.361. The van der Waals surface area contributed by atoms with E-state index in [2.05, 4.69) is 5.32 Å². The number of halogens is 1. The largest absolute Gasteiger partial charge is 0.355 e. The number of hydrogen-bond donors (Lipinski definition) is 1. The molecule has 0 bridgehead atoms. The number of carbonyl (C=O) groups excluding carboxylic acids is 2. The van der Waals surface area contributed by atoms with Gasteiger partial charge in [-0.15, -0.1) is 11.6 Å². The minimum absolute atomic E-state index is 0.0836. The number of nitrogens with zero attached hydrogens (tertiary/aromatic N) is 1. The number of carbonyl (C=O) groups is 2. The van der Waals surface area contributed by atoms with Crippen molar-refractivity contribution in [3.8, 4) is 0 Å². The van der Waals surface area contributed by atoms with E-state index in [0.29, 0.717) is 13.1 Å². The first kappa shape index (κ1) is 13.2. The van der Waals surface area contributed by atoms with E-state index in [1.807, 2.05) is 13.8 Å². The zero-order chi connectivity index (χ0) is 11.1. The first-order valence-electron chi connectivity index (χ1n) is 4.72. The zero-order valence-corrected chi connectivity index (χ0v) is 9.60. The van der Waals surface area contributed by atoms with Crippen molar-refractivity contribution in [2.75, 3.05) is 19.6 Å². The van der Waals surface area contributed by atoms with E-state index in [0.717, 1.165) is 0 Å². The highest BCUT2D eigenvalue weighted by Gasteiger charge is 2.18. The van der Waals surface area contributed by atoms with Gasteiger partial charge in [0.25, 0.3) is 0 Å². The van der Waals surface area contributed by atoms with Gasteiger partial charge in [0.05, 0.1) is 6.54 Å². The van der Waals surface area contributed by atoms with Gasteiger partial charge in [-0.25, -0.2) is 0 Å². The second-order valence-corrected chi connectivity index (χ2v) is 3.58. The first-order chi connectivity index (χ1) is 6.52. The van der Waals surface area contributed by atoms with Crippen LogP contribution in [0.3, 0.4) is 0 Å². The maximum atomic E-state index is 11.4. The Morgan fingerprint density at radius 2 is 2.00 bits per heavy atom. The van der Waals surface area contributed by atoms with Crippen LogP contribution in [0.15, 0.2) is 0 Å². The number of nitrogens with one attached hydrogen (secondary N) is 1. The molecule has 0 aromatic carbocycles. The van der Waals surface area contributed by atoms with Crippen molar-refractivity contribution in [3.63, 3.8) is 0 Å². The van der Waals surface area contributed by atoms with E-state index in [-0.39, 0.29) is 18.4 Å². The SMILES string of the molecule is CCNC(=O)CN(CC)C(=O)C(C)Cl. The Labute approximate surface area is 89.6 Å². The Balaban J connectivity index is 4.15. The minimum Gasteiger partial charge on any atom is -0.355 e. The van der Waals surface area contributed by atoms with Crippen LogP contribution in [0.25, 0.3) is 0 Å². The third kappa shape index (κ3) is 4.46. The summed E-state index contributed by atoms with van der Waals surface area (Å²) in [6.45, 7) is 6.40. The third-order valence-corrected chi connectivity index (χ3v) is 1.93. The van der Waals surface area contributed by atoms with Crippen LogP contribution in [0.4, 0.5) is 0 Å². The van der Waals surface area contributed by atoms with Gasteiger partial charge >= 0.3 is 0 Å². The molecule has 0 aromatic heterocycles. The maximum Gasteiger partial charge on any atom is 0.240 e. The smallest absolute Gasteiger partial charge is 0.240 e. The molecular formula is C9H17ClN2O2. The lowest BCUT2D eigenvalue weighted by molar-refractivity contribution is -0.135. The standard InChI is InChI=1S/C9H17ClN2O2/c1-4-11-8(13)6-12(5-2)9(14)7(3)10/h7H,4-6H2,1-3H3,(H,11,13). The monoisotopic (exact) mass is 220 g/mol. The van der Waals surface area contributed by atoms with E-state index in [1.165, 1.54) is 4.90 Å². The summed E-state index contributed by atoms with van der Waals surface area (Å²) in [6.07, 6.45) is 0. The maximum absolute atomic E-state index is 11.4. The molecule has 0 fully saturated rings. The van der Waals surface area contributed by atoms with Crippen molar-refractivity contribution < 1.29 is 9.59 Å². The van der Waals surface area contributed by atoms with Crippen LogP contribution >= 0.6 is 11.6 Å². The van der Waals surface area contributed by atoms with Crippen molar-refractivity contribution in [2.45, 2.75) is 26.1 Å². The molecule has 2 amide bonds. The molecule has 1 N–H and O–H groups in total. The average Bonchev–Trinajstić information content (AvgIpc) is 2.13. The second-order valence-electron chi connectivity index (χ2n) is 2.92. The number of alkyl halides is 1. The van der Waals surface area contributed by atoms with Crippen molar-refractivity contribution in [3.05, 3.63) is 0 Å². The zero-order valence-electron chi connectivity index (χ0n) is 8.84. The van der Waals surface area contributed by atoms with Crippen LogP contribution in [0.5, 0.6) is 0 Å². The van der Waals surface area contributed by atoms with Gasteiger partial charge in [-0.05, 0) is 20.8 Å². The molecule has 0 heterocycles. The van der Waals surface area contributed by atoms with E-state index in [9.17, 15) is 9.59 Å². The number of likely N-dealkylation sites (N-methyl/N-ethyl adjacent to an activating group) is 2. The van der Waals surface area contributed by atoms with E-state index >= 15 is 0 Å². The van der Waals surface area contributed by atoms with Gasteiger partial charge in [0.1, 0.15) is 5.38 Å². The van der Waals surface area contributed by atoms with Crippen molar-refractivity contribution >= 4 is 23.4 Å². The van der Waals surface area contributed by atoms with Crippen LogP contribution in [-0.2, 0) is 9.59 Å². The van der Waals surface area contributed by atoms with Crippen LogP contribution in [0, 0.1) is 0 Å². The molecule has 4 nitrogen and oxygen atoms in total. The summed E-state index contributed by atoms with van der Waals surface area (Å²) in [6, 6.07) is 0.